The standard InChI is InChI=1S/C32H39N3O3/c1-23(26-11-7-6-8-12-26)29-18-17-28(35(29)31(37)38-32(2,3)4)20-24-13-15-27(16-14-24)30(36)34(5)22-25-10-9-19-33-21-25/h6-16,19,21,23,28-29H,17-18,20,22H2,1-5H3/t23-,28+,29-/m1/s1. The van der Waals surface area contributed by atoms with Crippen LogP contribution >= 0.6 is 0 Å². The topological polar surface area (TPSA) is 62.7 Å². The summed E-state index contributed by atoms with van der Waals surface area (Å²) in [6.45, 7) is 8.43. The summed E-state index contributed by atoms with van der Waals surface area (Å²) in [5.41, 5.74) is 3.40. The number of nitrogens with zero attached hydrogens (tertiary/aromatic N) is 3. The van der Waals surface area contributed by atoms with E-state index < -0.39 is 5.60 Å². The molecule has 3 aromatic rings. The summed E-state index contributed by atoms with van der Waals surface area (Å²) in [7, 11) is 1.80. The third-order valence-corrected chi connectivity index (χ3v) is 7.21. The Labute approximate surface area is 226 Å². The van der Waals surface area contributed by atoms with Crippen molar-refractivity contribution in [3.05, 3.63) is 101 Å². The molecule has 0 saturated carbocycles. The molecule has 2 amide bonds. The van der Waals surface area contributed by atoms with E-state index in [9.17, 15) is 9.59 Å². The second kappa shape index (κ2) is 11.8. The second-order valence-electron chi connectivity index (χ2n) is 11.3. The minimum atomic E-state index is -0.561. The first-order chi connectivity index (χ1) is 18.1. The summed E-state index contributed by atoms with van der Waals surface area (Å²) >= 11 is 0. The number of amides is 2. The molecule has 1 aliphatic rings. The van der Waals surface area contributed by atoms with Crippen molar-refractivity contribution in [2.45, 2.75) is 77.1 Å². The van der Waals surface area contributed by atoms with Crippen molar-refractivity contribution in [1.29, 1.82) is 0 Å². The molecule has 0 aliphatic carbocycles. The number of rotatable bonds is 7. The number of carbonyl (C=O) groups is 2. The quantitative estimate of drug-likeness (QED) is 0.363. The van der Waals surface area contributed by atoms with E-state index in [2.05, 4.69) is 24.0 Å². The van der Waals surface area contributed by atoms with Crippen LogP contribution in [0.1, 0.15) is 73.5 Å². The predicted octanol–water partition coefficient (Wildman–Crippen LogP) is 6.47. The van der Waals surface area contributed by atoms with Gasteiger partial charge in [0.1, 0.15) is 5.60 Å². The van der Waals surface area contributed by atoms with E-state index in [1.807, 2.05) is 80.3 Å². The molecule has 0 spiro atoms. The number of hydrogen-bond donors (Lipinski definition) is 0. The maximum Gasteiger partial charge on any atom is 0.410 e. The molecule has 200 valence electrons. The molecule has 1 aliphatic heterocycles. The molecule has 3 atom stereocenters. The Kier molecular flexibility index (Phi) is 8.50. The van der Waals surface area contributed by atoms with Gasteiger partial charge in [-0.1, -0.05) is 55.5 Å². The van der Waals surface area contributed by atoms with Gasteiger partial charge in [-0.25, -0.2) is 4.79 Å². The van der Waals surface area contributed by atoms with E-state index >= 15 is 0 Å². The van der Waals surface area contributed by atoms with Crippen LogP contribution in [-0.2, 0) is 17.7 Å². The van der Waals surface area contributed by atoms with Crippen molar-refractivity contribution in [3.63, 3.8) is 0 Å². The Morgan fingerprint density at radius 2 is 1.71 bits per heavy atom. The SMILES string of the molecule is C[C@H](c1ccccc1)[C@H]1CC[C@@H](Cc2ccc(C(=O)N(C)Cc3cccnc3)cc2)N1C(=O)OC(C)(C)C. The average molecular weight is 514 g/mol. The first-order valence-corrected chi connectivity index (χ1v) is 13.4. The molecule has 2 heterocycles. The first kappa shape index (κ1) is 27.4. The Morgan fingerprint density at radius 3 is 2.34 bits per heavy atom. The Hall–Kier alpha value is -3.67. The second-order valence-corrected chi connectivity index (χ2v) is 11.3. The van der Waals surface area contributed by atoms with E-state index in [0.717, 1.165) is 30.4 Å². The lowest BCUT2D eigenvalue weighted by Crippen LogP contribution is -2.46. The summed E-state index contributed by atoms with van der Waals surface area (Å²) < 4.78 is 5.86. The largest absolute Gasteiger partial charge is 0.444 e. The number of benzene rings is 2. The molecular weight excluding hydrogens is 474 g/mol. The predicted molar refractivity (Wildman–Crippen MR) is 150 cm³/mol. The molecule has 0 bridgehead atoms. The fraction of sp³-hybridized carbons (Fsp3) is 0.406. The van der Waals surface area contributed by atoms with Crippen LogP contribution in [0.4, 0.5) is 4.79 Å². The van der Waals surface area contributed by atoms with Crippen LogP contribution in [0.3, 0.4) is 0 Å². The summed E-state index contributed by atoms with van der Waals surface area (Å²) in [6, 6.07) is 22.1. The molecule has 0 N–H and O–H groups in total. The minimum Gasteiger partial charge on any atom is -0.444 e. The highest BCUT2D eigenvalue weighted by Crippen LogP contribution is 2.36. The van der Waals surface area contributed by atoms with Crippen LogP contribution in [0.5, 0.6) is 0 Å². The average Bonchev–Trinajstić information content (AvgIpc) is 3.32. The van der Waals surface area contributed by atoms with Gasteiger partial charge in [0.25, 0.3) is 5.91 Å². The smallest absolute Gasteiger partial charge is 0.410 e. The zero-order chi connectivity index (χ0) is 27.3. The molecular formula is C32H39N3O3. The fourth-order valence-electron chi connectivity index (χ4n) is 5.29. The maximum absolute atomic E-state index is 13.4. The summed E-state index contributed by atoms with van der Waals surface area (Å²) in [6.07, 6.45) is 5.80. The van der Waals surface area contributed by atoms with Crippen LogP contribution in [0.25, 0.3) is 0 Å². The molecule has 0 unspecified atom stereocenters. The van der Waals surface area contributed by atoms with Gasteiger partial charge in [-0.2, -0.15) is 0 Å². The van der Waals surface area contributed by atoms with Gasteiger partial charge in [0, 0.05) is 49.6 Å². The lowest BCUT2D eigenvalue weighted by Gasteiger charge is -2.35. The van der Waals surface area contributed by atoms with Gasteiger partial charge < -0.3 is 14.5 Å². The maximum atomic E-state index is 13.4. The molecule has 2 aromatic carbocycles. The summed E-state index contributed by atoms with van der Waals surface area (Å²) in [5.74, 6) is 0.164. The molecule has 1 saturated heterocycles. The summed E-state index contributed by atoms with van der Waals surface area (Å²) in [5, 5.41) is 0. The molecule has 0 radical (unpaired) electrons. The zero-order valence-corrected chi connectivity index (χ0v) is 23.1. The molecule has 1 fully saturated rings. The summed E-state index contributed by atoms with van der Waals surface area (Å²) in [4.78, 5) is 34.2. The number of ether oxygens (including phenoxy) is 1. The molecule has 1 aromatic heterocycles. The van der Waals surface area contributed by atoms with E-state index in [1.54, 1.807) is 24.3 Å². The Balaban J connectivity index is 1.47. The van der Waals surface area contributed by atoms with Gasteiger partial charge in [0.2, 0.25) is 0 Å². The normalized spacial score (nSPS) is 18.2. The van der Waals surface area contributed by atoms with Gasteiger partial charge in [0.15, 0.2) is 0 Å². The number of aromatic nitrogens is 1. The van der Waals surface area contributed by atoms with Crippen LogP contribution in [0.15, 0.2) is 79.1 Å². The lowest BCUT2D eigenvalue weighted by atomic mass is 9.92. The van der Waals surface area contributed by atoms with Gasteiger partial charge >= 0.3 is 6.09 Å². The van der Waals surface area contributed by atoms with Crippen molar-refractivity contribution >= 4 is 12.0 Å². The zero-order valence-electron chi connectivity index (χ0n) is 23.1. The van der Waals surface area contributed by atoms with Crippen molar-refractivity contribution in [1.82, 2.24) is 14.8 Å². The van der Waals surface area contributed by atoms with Gasteiger partial charge in [0.05, 0.1) is 0 Å². The van der Waals surface area contributed by atoms with Crippen molar-refractivity contribution < 1.29 is 14.3 Å². The molecule has 4 rings (SSSR count). The van der Waals surface area contributed by atoms with Gasteiger partial charge in [-0.15, -0.1) is 0 Å². The number of hydrogen-bond acceptors (Lipinski definition) is 4. The Bertz CT molecular complexity index is 1210. The van der Waals surface area contributed by atoms with Gasteiger partial charge in [-0.05, 0) is 74.9 Å². The number of pyridine rings is 1. The number of likely N-dealkylation sites (tertiary alicyclic amines) is 1. The third kappa shape index (κ3) is 6.80. The first-order valence-electron chi connectivity index (χ1n) is 13.4. The van der Waals surface area contributed by atoms with Crippen LogP contribution in [-0.4, -0.2) is 51.5 Å². The highest BCUT2D eigenvalue weighted by molar-refractivity contribution is 5.94. The van der Waals surface area contributed by atoms with Crippen molar-refractivity contribution in [2.75, 3.05) is 7.05 Å². The van der Waals surface area contributed by atoms with Crippen molar-refractivity contribution in [2.24, 2.45) is 0 Å². The van der Waals surface area contributed by atoms with Crippen LogP contribution in [0, 0.1) is 0 Å². The molecule has 6 nitrogen and oxygen atoms in total. The van der Waals surface area contributed by atoms with E-state index in [0.29, 0.717) is 12.1 Å². The molecule has 6 heteroatoms. The van der Waals surface area contributed by atoms with E-state index in [4.69, 9.17) is 4.74 Å². The molecule has 38 heavy (non-hydrogen) atoms. The van der Waals surface area contributed by atoms with Crippen molar-refractivity contribution in [3.8, 4) is 0 Å². The third-order valence-electron chi connectivity index (χ3n) is 7.21. The van der Waals surface area contributed by atoms with Gasteiger partial charge in [-0.3, -0.25) is 9.78 Å². The minimum absolute atomic E-state index is 0.0339. The highest BCUT2D eigenvalue weighted by atomic mass is 16.6. The monoisotopic (exact) mass is 513 g/mol. The Morgan fingerprint density at radius 1 is 1.00 bits per heavy atom. The van der Waals surface area contributed by atoms with E-state index in [-0.39, 0.29) is 30.0 Å². The lowest BCUT2D eigenvalue weighted by molar-refractivity contribution is 0.0126. The number of carbonyl (C=O) groups excluding carboxylic acids is 2. The van der Waals surface area contributed by atoms with E-state index in [1.165, 1.54) is 5.56 Å². The highest BCUT2D eigenvalue weighted by Gasteiger charge is 2.41. The van der Waals surface area contributed by atoms with Crippen LogP contribution < -0.4 is 0 Å². The fourth-order valence-corrected chi connectivity index (χ4v) is 5.29. The van der Waals surface area contributed by atoms with Crippen LogP contribution in [0.2, 0.25) is 0 Å².